The normalized spacial score (nSPS) is 11.0. The minimum atomic E-state index is -1.39. The van der Waals surface area contributed by atoms with Gasteiger partial charge < -0.3 is 0 Å². The molecule has 2 aromatic carbocycles. The quantitative estimate of drug-likeness (QED) is 0.282. The Morgan fingerprint density at radius 1 is 0.708 bits per heavy atom. The standard InChI is InChI=1S/C20H22F4/c1-2-3-4-5-6-7-8-14-9-11-15(12-10-14)18-19(23)16(21)13-17(22)20(18)24/h9-13H,2-8H2,1H3. The average molecular weight is 338 g/mol. The first-order chi connectivity index (χ1) is 11.5. The van der Waals surface area contributed by atoms with Crippen LogP contribution >= 0.6 is 0 Å². The maximum atomic E-state index is 13.8. The van der Waals surface area contributed by atoms with Crippen LogP contribution in [0, 0.1) is 23.3 Å². The van der Waals surface area contributed by atoms with Gasteiger partial charge in [0, 0.05) is 6.07 Å². The molecule has 0 amide bonds. The van der Waals surface area contributed by atoms with Crippen LogP contribution in [0.25, 0.3) is 11.1 Å². The van der Waals surface area contributed by atoms with E-state index in [1.54, 1.807) is 12.1 Å². The summed E-state index contributed by atoms with van der Waals surface area (Å²) in [7, 11) is 0. The molecule has 2 rings (SSSR count). The van der Waals surface area contributed by atoms with Crippen LogP contribution < -0.4 is 0 Å². The van der Waals surface area contributed by atoms with Gasteiger partial charge in [-0.05, 0) is 24.0 Å². The lowest BCUT2D eigenvalue weighted by Gasteiger charge is -2.08. The van der Waals surface area contributed by atoms with E-state index in [0.29, 0.717) is 0 Å². The number of hydrogen-bond acceptors (Lipinski definition) is 0. The zero-order valence-corrected chi connectivity index (χ0v) is 13.8. The molecule has 0 fully saturated rings. The molecule has 2 aromatic rings. The van der Waals surface area contributed by atoms with Gasteiger partial charge in [-0.1, -0.05) is 63.3 Å². The first-order valence-electron chi connectivity index (χ1n) is 8.47. The number of aryl methyl sites for hydroxylation is 1. The first-order valence-corrected chi connectivity index (χ1v) is 8.47. The second-order valence-corrected chi connectivity index (χ2v) is 6.06. The van der Waals surface area contributed by atoms with Crippen molar-refractivity contribution in [3.05, 3.63) is 59.2 Å². The fourth-order valence-electron chi connectivity index (χ4n) is 2.77. The monoisotopic (exact) mass is 338 g/mol. The fourth-order valence-corrected chi connectivity index (χ4v) is 2.77. The minimum absolute atomic E-state index is 0.134. The van der Waals surface area contributed by atoms with E-state index in [2.05, 4.69) is 6.92 Å². The number of benzene rings is 2. The highest BCUT2D eigenvalue weighted by Crippen LogP contribution is 2.29. The Labute approximate surface area is 140 Å². The van der Waals surface area contributed by atoms with Gasteiger partial charge in [0.25, 0.3) is 0 Å². The Morgan fingerprint density at radius 2 is 1.25 bits per heavy atom. The predicted octanol–water partition coefficient (Wildman–Crippen LogP) is 6.81. The largest absolute Gasteiger partial charge is 0.204 e. The molecule has 130 valence electrons. The molecule has 0 spiro atoms. The van der Waals surface area contributed by atoms with Crippen LogP contribution in [0.4, 0.5) is 17.6 Å². The van der Waals surface area contributed by atoms with Gasteiger partial charge in [0.15, 0.2) is 23.3 Å². The summed E-state index contributed by atoms with van der Waals surface area (Å²) < 4.78 is 54.2. The summed E-state index contributed by atoms with van der Waals surface area (Å²) in [6.45, 7) is 2.18. The summed E-state index contributed by atoms with van der Waals surface area (Å²) in [4.78, 5) is 0. The molecule has 0 saturated carbocycles. The Balaban J connectivity index is 2.03. The number of unbranched alkanes of at least 4 members (excludes halogenated alkanes) is 5. The summed E-state index contributed by atoms with van der Waals surface area (Å²) in [5, 5.41) is 0. The molecule has 0 heterocycles. The van der Waals surface area contributed by atoms with Crippen LogP contribution in [-0.2, 0) is 6.42 Å². The Morgan fingerprint density at radius 3 is 1.83 bits per heavy atom. The predicted molar refractivity (Wildman–Crippen MR) is 88.8 cm³/mol. The van der Waals surface area contributed by atoms with E-state index >= 15 is 0 Å². The average Bonchev–Trinajstić information content (AvgIpc) is 2.58. The second kappa shape index (κ2) is 8.86. The lowest BCUT2D eigenvalue weighted by molar-refractivity contribution is 0.458. The third kappa shape index (κ3) is 4.59. The van der Waals surface area contributed by atoms with Gasteiger partial charge in [0.05, 0.1) is 5.56 Å². The Kier molecular flexibility index (Phi) is 6.83. The highest BCUT2D eigenvalue weighted by atomic mass is 19.2. The molecule has 0 aliphatic heterocycles. The van der Waals surface area contributed by atoms with Gasteiger partial charge in [-0.3, -0.25) is 0 Å². The van der Waals surface area contributed by atoms with E-state index in [1.807, 2.05) is 0 Å². The van der Waals surface area contributed by atoms with Crippen LogP contribution in [0.1, 0.15) is 51.0 Å². The summed E-state index contributed by atoms with van der Waals surface area (Å²) in [5.41, 5.74) is 0.528. The summed E-state index contributed by atoms with van der Waals surface area (Å²) in [6.07, 6.45) is 8.03. The SMILES string of the molecule is CCCCCCCCc1ccc(-c2c(F)c(F)cc(F)c2F)cc1. The van der Waals surface area contributed by atoms with Crippen molar-refractivity contribution in [2.45, 2.75) is 51.9 Å². The molecule has 0 bridgehead atoms. The van der Waals surface area contributed by atoms with E-state index in [9.17, 15) is 17.6 Å². The van der Waals surface area contributed by atoms with Crippen LogP contribution in [0.3, 0.4) is 0 Å². The van der Waals surface area contributed by atoms with E-state index in [1.165, 1.54) is 37.8 Å². The van der Waals surface area contributed by atoms with Crippen molar-refractivity contribution in [3.63, 3.8) is 0 Å². The molecular formula is C20H22F4. The zero-order chi connectivity index (χ0) is 17.5. The van der Waals surface area contributed by atoms with Crippen molar-refractivity contribution < 1.29 is 17.6 Å². The van der Waals surface area contributed by atoms with E-state index in [0.717, 1.165) is 24.8 Å². The van der Waals surface area contributed by atoms with Crippen molar-refractivity contribution >= 4 is 0 Å². The highest BCUT2D eigenvalue weighted by molar-refractivity contribution is 5.65. The fraction of sp³-hybridized carbons (Fsp3) is 0.400. The maximum absolute atomic E-state index is 13.8. The zero-order valence-electron chi connectivity index (χ0n) is 13.8. The molecule has 0 saturated heterocycles. The first kappa shape index (κ1) is 18.5. The van der Waals surface area contributed by atoms with Crippen molar-refractivity contribution in [2.75, 3.05) is 0 Å². The maximum Gasteiger partial charge on any atom is 0.169 e. The van der Waals surface area contributed by atoms with Crippen molar-refractivity contribution in [1.29, 1.82) is 0 Å². The molecule has 24 heavy (non-hydrogen) atoms. The molecule has 0 N–H and O–H groups in total. The van der Waals surface area contributed by atoms with Crippen LogP contribution in [0.15, 0.2) is 30.3 Å². The third-order valence-electron chi connectivity index (χ3n) is 4.17. The van der Waals surface area contributed by atoms with Crippen molar-refractivity contribution in [2.24, 2.45) is 0 Å². The van der Waals surface area contributed by atoms with Crippen molar-refractivity contribution in [3.8, 4) is 11.1 Å². The van der Waals surface area contributed by atoms with Gasteiger partial charge in [0.1, 0.15) is 0 Å². The second-order valence-electron chi connectivity index (χ2n) is 6.06. The van der Waals surface area contributed by atoms with E-state index < -0.39 is 28.8 Å². The minimum Gasteiger partial charge on any atom is -0.204 e. The lowest BCUT2D eigenvalue weighted by Crippen LogP contribution is -1.98. The lowest BCUT2D eigenvalue weighted by atomic mass is 9.99. The van der Waals surface area contributed by atoms with Gasteiger partial charge in [0.2, 0.25) is 0 Å². The van der Waals surface area contributed by atoms with E-state index in [-0.39, 0.29) is 11.6 Å². The van der Waals surface area contributed by atoms with Gasteiger partial charge >= 0.3 is 0 Å². The Bertz CT molecular complexity index is 636. The van der Waals surface area contributed by atoms with Crippen molar-refractivity contribution in [1.82, 2.24) is 0 Å². The molecule has 0 aliphatic rings. The van der Waals surface area contributed by atoms with Gasteiger partial charge in [-0.15, -0.1) is 0 Å². The molecule has 0 aliphatic carbocycles. The molecule has 0 aromatic heterocycles. The summed E-state index contributed by atoms with van der Waals surface area (Å²) >= 11 is 0. The number of hydrogen-bond donors (Lipinski definition) is 0. The third-order valence-corrected chi connectivity index (χ3v) is 4.17. The topological polar surface area (TPSA) is 0 Å². The van der Waals surface area contributed by atoms with Crippen LogP contribution in [0.5, 0.6) is 0 Å². The molecular weight excluding hydrogens is 316 g/mol. The molecule has 0 unspecified atom stereocenters. The smallest absolute Gasteiger partial charge is 0.169 e. The van der Waals surface area contributed by atoms with E-state index in [4.69, 9.17) is 0 Å². The molecule has 0 atom stereocenters. The van der Waals surface area contributed by atoms with Crippen LogP contribution in [-0.4, -0.2) is 0 Å². The summed E-state index contributed by atoms with van der Waals surface area (Å²) in [6, 6.07) is 6.74. The number of halogens is 4. The number of rotatable bonds is 8. The summed E-state index contributed by atoms with van der Waals surface area (Å²) in [5.74, 6) is -5.50. The highest BCUT2D eigenvalue weighted by Gasteiger charge is 2.20. The molecule has 0 nitrogen and oxygen atoms in total. The van der Waals surface area contributed by atoms with Gasteiger partial charge in [-0.25, -0.2) is 17.6 Å². The Hall–Kier alpha value is -1.84. The van der Waals surface area contributed by atoms with Crippen LogP contribution in [0.2, 0.25) is 0 Å². The molecule has 4 heteroatoms. The van der Waals surface area contributed by atoms with Gasteiger partial charge in [-0.2, -0.15) is 0 Å². The molecule has 0 radical (unpaired) electrons.